The maximum absolute atomic E-state index is 3.20. The molecule has 0 radical (unpaired) electrons. The Labute approximate surface area is 93.7 Å². The Bertz CT molecular complexity index is 253. The van der Waals surface area contributed by atoms with Crippen molar-refractivity contribution in [2.45, 2.75) is 65.3 Å². The molecule has 0 aliphatic heterocycles. The molecule has 0 unspecified atom stereocenters. The van der Waals surface area contributed by atoms with Crippen molar-refractivity contribution in [3.8, 4) is 0 Å². The molecule has 0 fully saturated rings. The van der Waals surface area contributed by atoms with Gasteiger partial charge in [0.1, 0.15) is 12.4 Å². The van der Waals surface area contributed by atoms with Crippen molar-refractivity contribution in [2.75, 3.05) is 0 Å². The number of H-pyrrole nitrogens is 1. The van der Waals surface area contributed by atoms with Crippen LogP contribution in [0.4, 0.5) is 0 Å². The summed E-state index contributed by atoms with van der Waals surface area (Å²) >= 11 is 0. The molecule has 1 aromatic heterocycles. The fourth-order valence-electron chi connectivity index (χ4n) is 1.92. The van der Waals surface area contributed by atoms with E-state index >= 15 is 0 Å². The highest BCUT2D eigenvalue weighted by molar-refractivity contribution is 4.70. The van der Waals surface area contributed by atoms with Gasteiger partial charge in [-0.25, -0.2) is 9.55 Å². The number of hydrogen-bond donors (Lipinski definition) is 1. The van der Waals surface area contributed by atoms with E-state index in [-0.39, 0.29) is 0 Å². The van der Waals surface area contributed by atoms with Crippen LogP contribution in [0.2, 0.25) is 0 Å². The average molecular weight is 209 g/mol. The summed E-state index contributed by atoms with van der Waals surface area (Å²) in [7, 11) is 0. The molecule has 0 amide bonds. The summed E-state index contributed by atoms with van der Waals surface area (Å²) in [6, 6.07) is 0. The number of rotatable bonds is 8. The van der Waals surface area contributed by atoms with Gasteiger partial charge in [-0.2, -0.15) is 0 Å². The number of unbranched alkanes of at least 4 members (excludes halogenated alkanes) is 6. The van der Waals surface area contributed by atoms with Gasteiger partial charge in [-0.05, 0) is 12.8 Å². The van der Waals surface area contributed by atoms with Crippen LogP contribution >= 0.6 is 0 Å². The average Bonchev–Trinajstić information content (AvgIpc) is 2.63. The van der Waals surface area contributed by atoms with Crippen LogP contribution in [0.15, 0.2) is 12.4 Å². The van der Waals surface area contributed by atoms with Crippen LogP contribution < -0.4 is 4.57 Å². The number of imidazole rings is 1. The standard InChI is InChI=1S/C13H24N2/c1-3-4-5-6-7-8-9-11-15-12-10-14-13(15)2/h10,12H,3-9,11H2,1-2H3/p+1. The van der Waals surface area contributed by atoms with Crippen LogP contribution in [-0.4, -0.2) is 4.98 Å². The van der Waals surface area contributed by atoms with Crippen molar-refractivity contribution in [2.24, 2.45) is 0 Å². The maximum Gasteiger partial charge on any atom is 0.251 e. The third-order valence-electron chi connectivity index (χ3n) is 2.98. The lowest BCUT2D eigenvalue weighted by molar-refractivity contribution is -0.702. The number of aromatic amines is 1. The van der Waals surface area contributed by atoms with E-state index in [1.807, 2.05) is 6.20 Å². The van der Waals surface area contributed by atoms with Gasteiger partial charge in [-0.15, -0.1) is 0 Å². The van der Waals surface area contributed by atoms with E-state index in [0.29, 0.717) is 0 Å². The first kappa shape index (κ1) is 12.3. The molecule has 1 aromatic rings. The number of aryl methyl sites for hydroxylation is 2. The Kier molecular flexibility index (Phi) is 6.14. The number of nitrogens with one attached hydrogen (secondary N) is 1. The topological polar surface area (TPSA) is 19.7 Å². The van der Waals surface area contributed by atoms with Crippen LogP contribution in [0.3, 0.4) is 0 Å². The minimum absolute atomic E-state index is 1.17. The van der Waals surface area contributed by atoms with E-state index in [1.165, 1.54) is 57.3 Å². The molecule has 15 heavy (non-hydrogen) atoms. The van der Waals surface area contributed by atoms with Crippen molar-refractivity contribution < 1.29 is 4.57 Å². The first-order valence-electron chi connectivity index (χ1n) is 6.38. The first-order valence-corrected chi connectivity index (χ1v) is 6.38. The highest BCUT2D eigenvalue weighted by Crippen LogP contribution is 2.06. The van der Waals surface area contributed by atoms with E-state index in [2.05, 4.69) is 29.6 Å². The Balaban J connectivity index is 1.96. The Morgan fingerprint density at radius 1 is 1.07 bits per heavy atom. The Morgan fingerprint density at radius 3 is 2.33 bits per heavy atom. The van der Waals surface area contributed by atoms with E-state index in [1.54, 1.807) is 0 Å². The van der Waals surface area contributed by atoms with Crippen molar-refractivity contribution in [3.05, 3.63) is 18.2 Å². The molecule has 1 rings (SSSR count). The molecule has 1 heterocycles. The molecule has 0 aliphatic carbocycles. The number of nitrogens with zero attached hydrogens (tertiary/aromatic N) is 1. The molecule has 0 atom stereocenters. The summed E-state index contributed by atoms with van der Waals surface area (Å²) in [6.07, 6.45) is 13.8. The fraction of sp³-hybridized carbons (Fsp3) is 0.769. The molecule has 0 saturated carbocycles. The zero-order valence-electron chi connectivity index (χ0n) is 10.3. The monoisotopic (exact) mass is 209 g/mol. The smallest absolute Gasteiger partial charge is 0.248 e. The minimum atomic E-state index is 1.17. The SMILES string of the molecule is CCCCCCCCC[n+]1cc[nH]c1C. The highest BCUT2D eigenvalue weighted by atomic mass is 15.0. The van der Waals surface area contributed by atoms with E-state index in [9.17, 15) is 0 Å². The zero-order valence-corrected chi connectivity index (χ0v) is 10.3. The van der Waals surface area contributed by atoms with Gasteiger partial charge in [0.2, 0.25) is 0 Å². The van der Waals surface area contributed by atoms with Gasteiger partial charge in [0.15, 0.2) is 0 Å². The second-order valence-corrected chi connectivity index (χ2v) is 4.36. The number of hydrogen-bond acceptors (Lipinski definition) is 0. The molecule has 0 bridgehead atoms. The molecule has 0 aliphatic rings. The Morgan fingerprint density at radius 2 is 1.73 bits per heavy atom. The van der Waals surface area contributed by atoms with Crippen LogP contribution in [0.5, 0.6) is 0 Å². The van der Waals surface area contributed by atoms with Crippen molar-refractivity contribution in [1.29, 1.82) is 0 Å². The zero-order chi connectivity index (χ0) is 10.9. The quantitative estimate of drug-likeness (QED) is 0.500. The highest BCUT2D eigenvalue weighted by Gasteiger charge is 2.02. The third kappa shape index (κ3) is 5.01. The third-order valence-corrected chi connectivity index (χ3v) is 2.98. The first-order chi connectivity index (χ1) is 7.34. The lowest BCUT2D eigenvalue weighted by Gasteiger charge is -2.00. The van der Waals surface area contributed by atoms with Crippen LogP contribution in [0.1, 0.15) is 57.7 Å². The van der Waals surface area contributed by atoms with Crippen LogP contribution in [0.25, 0.3) is 0 Å². The van der Waals surface area contributed by atoms with Gasteiger partial charge in [-0.1, -0.05) is 39.0 Å². The van der Waals surface area contributed by atoms with E-state index in [4.69, 9.17) is 0 Å². The van der Waals surface area contributed by atoms with Crippen LogP contribution in [-0.2, 0) is 6.54 Å². The second-order valence-electron chi connectivity index (χ2n) is 4.36. The molecule has 2 heteroatoms. The molecule has 0 aromatic carbocycles. The predicted octanol–water partition coefficient (Wildman–Crippen LogP) is 3.36. The molecule has 0 spiro atoms. The van der Waals surface area contributed by atoms with Gasteiger partial charge in [0.25, 0.3) is 5.82 Å². The molecular formula is C13H25N2+. The molecular weight excluding hydrogens is 184 g/mol. The van der Waals surface area contributed by atoms with Gasteiger partial charge in [-0.3, -0.25) is 0 Å². The van der Waals surface area contributed by atoms with E-state index < -0.39 is 0 Å². The minimum Gasteiger partial charge on any atom is -0.248 e. The Hall–Kier alpha value is -0.790. The van der Waals surface area contributed by atoms with Gasteiger partial charge >= 0.3 is 0 Å². The predicted molar refractivity (Wildman–Crippen MR) is 63.7 cm³/mol. The molecule has 86 valence electrons. The van der Waals surface area contributed by atoms with Gasteiger partial charge < -0.3 is 0 Å². The molecule has 2 nitrogen and oxygen atoms in total. The van der Waals surface area contributed by atoms with Crippen molar-refractivity contribution in [1.82, 2.24) is 4.98 Å². The summed E-state index contributed by atoms with van der Waals surface area (Å²) in [5, 5.41) is 0. The fourth-order valence-corrected chi connectivity index (χ4v) is 1.92. The van der Waals surface area contributed by atoms with Crippen molar-refractivity contribution in [3.63, 3.8) is 0 Å². The molecule has 1 N–H and O–H groups in total. The van der Waals surface area contributed by atoms with Crippen LogP contribution in [0, 0.1) is 6.92 Å². The summed E-state index contributed by atoms with van der Waals surface area (Å²) in [5.41, 5.74) is 0. The van der Waals surface area contributed by atoms with Crippen molar-refractivity contribution >= 4 is 0 Å². The summed E-state index contributed by atoms with van der Waals surface area (Å²) in [5.74, 6) is 1.26. The lowest BCUT2D eigenvalue weighted by Crippen LogP contribution is -2.34. The normalized spacial score (nSPS) is 10.8. The van der Waals surface area contributed by atoms with Gasteiger partial charge in [0.05, 0.1) is 6.54 Å². The summed E-state index contributed by atoms with van der Waals surface area (Å²) in [6.45, 7) is 5.57. The summed E-state index contributed by atoms with van der Waals surface area (Å²) in [4.78, 5) is 3.20. The summed E-state index contributed by atoms with van der Waals surface area (Å²) < 4.78 is 2.30. The van der Waals surface area contributed by atoms with Gasteiger partial charge in [0, 0.05) is 6.92 Å². The molecule has 0 saturated heterocycles. The second kappa shape index (κ2) is 7.49. The lowest BCUT2D eigenvalue weighted by atomic mass is 10.1. The number of aromatic nitrogens is 2. The van der Waals surface area contributed by atoms with E-state index in [0.717, 1.165) is 0 Å². The maximum atomic E-state index is 3.20. The largest absolute Gasteiger partial charge is 0.251 e.